The van der Waals surface area contributed by atoms with Crippen molar-refractivity contribution in [2.45, 2.75) is 57.7 Å². The first kappa shape index (κ1) is 19.1. The summed E-state index contributed by atoms with van der Waals surface area (Å²) >= 11 is 0. The number of nitrogens with one attached hydrogen (secondary N) is 3. The van der Waals surface area contributed by atoms with Crippen LogP contribution < -0.4 is 16.0 Å². The summed E-state index contributed by atoms with van der Waals surface area (Å²) in [6.07, 6.45) is 8.99. The maximum atomic E-state index is 11.7. The van der Waals surface area contributed by atoms with E-state index in [2.05, 4.69) is 34.4 Å². The molecule has 8 nitrogen and oxygen atoms in total. The minimum absolute atomic E-state index is 0.0610. The molecule has 2 heterocycles. The van der Waals surface area contributed by atoms with Gasteiger partial charge in [0.1, 0.15) is 5.84 Å². The molecule has 2 aliphatic heterocycles. The van der Waals surface area contributed by atoms with E-state index in [1.807, 2.05) is 17.2 Å². The number of rotatable bonds is 4. The van der Waals surface area contributed by atoms with E-state index in [0.717, 1.165) is 31.4 Å². The Morgan fingerprint density at radius 2 is 2.04 bits per heavy atom. The van der Waals surface area contributed by atoms with Crippen LogP contribution in [0.1, 0.15) is 39.5 Å². The van der Waals surface area contributed by atoms with Gasteiger partial charge in [-0.15, -0.1) is 0 Å². The smallest absolute Gasteiger partial charge is 0.315 e. The third-order valence-corrected chi connectivity index (χ3v) is 5.46. The third kappa shape index (κ3) is 4.37. The molecular formula is C19H28N6O2. The summed E-state index contributed by atoms with van der Waals surface area (Å²) < 4.78 is 0. The maximum Gasteiger partial charge on any atom is 0.315 e. The van der Waals surface area contributed by atoms with Gasteiger partial charge in [0.2, 0.25) is 5.91 Å². The standard InChI is InChI=1S/C19H28N6O2/c1-4-20-18(6-5-11-21-13(3)26)25-17-10-9-16-15(22-19(27)23-16)8-7-14(17)12(2)24-25/h4-6,14-17H,1,7-11H2,2-3H3,(H,21,26)(H2,22,23,27)/b6-5-,20-18?. The van der Waals surface area contributed by atoms with Crippen molar-refractivity contribution in [1.29, 1.82) is 0 Å². The Morgan fingerprint density at radius 1 is 1.33 bits per heavy atom. The van der Waals surface area contributed by atoms with Crippen LogP contribution in [-0.2, 0) is 4.79 Å². The van der Waals surface area contributed by atoms with E-state index >= 15 is 0 Å². The SMILES string of the molecule is C=CN=C(/C=C\CNC(C)=O)N1N=C(C)C2CCC3NC(=O)NC3CCC21. The topological polar surface area (TPSA) is 98.2 Å². The molecule has 0 aromatic carbocycles. The Bertz CT molecular complexity index is 698. The molecule has 3 amide bonds. The van der Waals surface area contributed by atoms with Gasteiger partial charge < -0.3 is 16.0 Å². The van der Waals surface area contributed by atoms with Crippen molar-refractivity contribution in [3.8, 4) is 0 Å². The predicted molar refractivity (Wildman–Crippen MR) is 105 cm³/mol. The lowest BCUT2D eigenvalue weighted by molar-refractivity contribution is -0.118. The van der Waals surface area contributed by atoms with E-state index in [-0.39, 0.29) is 30.1 Å². The second-order valence-electron chi connectivity index (χ2n) is 7.25. The van der Waals surface area contributed by atoms with Crippen molar-refractivity contribution in [2.75, 3.05) is 6.54 Å². The highest BCUT2D eigenvalue weighted by atomic mass is 16.2. The van der Waals surface area contributed by atoms with Gasteiger partial charge in [-0.05, 0) is 38.7 Å². The highest BCUT2D eigenvalue weighted by molar-refractivity contribution is 5.97. The normalized spacial score (nSPS) is 30.6. The predicted octanol–water partition coefficient (Wildman–Crippen LogP) is 1.52. The molecule has 0 bridgehead atoms. The zero-order valence-corrected chi connectivity index (χ0v) is 15.9. The number of hydrogen-bond acceptors (Lipinski definition) is 4. The summed E-state index contributed by atoms with van der Waals surface area (Å²) in [6.45, 7) is 7.71. The Hall–Kier alpha value is -2.64. The fraction of sp³-hybridized carbons (Fsp3) is 0.579. The van der Waals surface area contributed by atoms with E-state index in [4.69, 9.17) is 5.10 Å². The first-order chi connectivity index (χ1) is 13.0. The Morgan fingerprint density at radius 3 is 2.70 bits per heavy atom. The fourth-order valence-corrected chi connectivity index (χ4v) is 4.19. The van der Waals surface area contributed by atoms with Crippen molar-refractivity contribution in [2.24, 2.45) is 16.0 Å². The number of nitrogens with zero attached hydrogens (tertiary/aromatic N) is 3. The molecule has 8 heteroatoms. The van der Waals surface area contributed by atoms with Crippen LogP contribution in [0.25, 0.3) is 0 Å². The van der Waals surface area contributed by atoms with Gasteiger partial charge in [0.05, 0.1) is 18.1 Å². The van der Waals surface area contributed by atoms with Crippen LogP contribution in [-0.4, -0.2) is 53.2 Å². The zero-order valence-electron chi connectivity index (χ0n) is 15.9. The lowest BCUT2D eigenvalue weighted by atomic mass is 9.82. The van der Waals surface area contributed by atoms with E-state index < -0.39 is 0 Å². The number of amides is 3. The average molecular weight is 372 g/mol. The number of amidine groups is 1. The monoisotopic (exact) mass is 372 g/mol. The molecule has 1 saturated heterocycles. The van der Waals surface area contributed by atoms with Gasteiger partial charge in [-0.1, -0.05) is 12.7 Å². The highest BCUT2D eigenvalue weighted by Crippen LogP contribution is 2.34. The lowest BCUT2D eigenvalue weighted by Gasteiger charge is -2.32. The molecule has 0 aromatic heterocycles. The minimum atomic E-state index is -0.0706. The zero-order chi connectivity index (χ0) is 19.4. The van der Waals surface area contributed by atoms with Crippen LogP contribution >= 0.6 is 0 Å². The molecule has 4 atom stereocenters. The largest absolute Gasteiger partial charge is 0.353 e. The van der Waals surface area contributed by atoms with Crippen molar-refractivity contribution in [1.82, 2.24) is 21.0 Å². The third-order valence-electron chi connectivity index (χ3n) is 5.46. The second kappa shape index (κ2) is 8.37. The lowest BCUT2D eigenvalue weighted by Crippen LogP contribution is -2.43. The first-order valence-electron chi connectivity index (χ1n) is 9.50. The van der Waals surface area contributed by atoms with Gasteiger partial charge in [0.15, 0.2) is 0 Å². The number of aliphatic imine (C=N–C) groups is 1. The van der Waals surface area contributed by atoms with Crippen molar-refractivity contribution >= 4 is 23.5 Å². The summed E-state index contributed by atoms with van der Waals surface area (Å²) in [5.74, 6) is 0.994. The highest BCUT2D eigenvalue weighted by Gasteiger charge is 2.42. The van der Waals surface area contributed by atoms with Gasteiger partial charge >= 0.3 is 6.03 Å². The number of hydrazone groups is 1. The number of carbonyl (C=O) groups is 2. The van der Waals surface area contributed by atoms with E-state index in [1.54, 1.807) is 0 Å². The fourth-order valence-electron chi connectivity index (χ4n) is 4.19. The summed E-state index contributed by atoms with van der Waals surface area (Å²) in [7, 11) is 0. The van der Waals surface area contributed by atoms with E-state index in [9.17, 15) is 9.59 Å². The van der Waals surface area contributed by atoms with Gasteiger partial charge in [0, 0.05) is 31.3 Å². The summed E-state index contributed by atoms with van der Waals surface area (Å²) in [6, 6.07) is 0.539. The van der Waals surface area contributed by atoms with Crippen LogP contribution in [0.2, 0.25) is 0 Å². The Balaban J connectivity index is 1.74. The number of hydrogen-bond donors (Lipinski definition) is 3. The van der Waals surface area contributed by atoms with Crippen LogP contribution in [0, 0.1) is 5.92 Å². The Labute approximate surface area is 159 Å². The number of carbonyl (C=O) groups excluding carboxylic acids is 2. The number of urea groups is 1. The molecule has 1 saturated carbocycles. The molecule has 0 radical (unpaired) electrons. The molecule has 0 aromatic rings. The van der Waals surface area contributed by atoms with E-state index in [0.29, 0.717) is 18.3 Å². The van der Waals surface area contributed by atoms with E-state index in [1.165, 1.54) is 13.1 Å². The number of fused-ring (bicyclic) bond motifs is 2. The molecule has 2 fully saturated rings. The van der Waals surface area contributed by atoms with Crippen LogP contribution in [0.3, 0.4) is 0 Å². The molecule has 146 valence electrons. The minimum Gasteiger partial charge on any atom is -0.353 e. The Kier molecular flexibility index (Phi) is 5.93. The van der Waals surface area contributed by atoms with Crippen molar-refractivity contribution in [3.63, 3.8) is 0 Å². The molecular weight excluding hydrogens is 344 g/mol. The van der Waals surface area contributed by atoms with Gasteiger partial charge in [-0.2, -0.15) is 5.10 Å². The summed E-state index contributed by atoms with van der Waals surface area (Å²) in [5, 5.41) is 15.6. The maximum absolute atomic E-state index is 11.7. The van der Waals surface area contributed by atoms with Crippen LogP contribution in [0.4, 0.5) is 4.79 Å². The average Bonchev–Trinajstić information content (AvgIpc) is 3.10. The first-order valence-corrected chi connectivity index (χ1v) is 9.50. The van der Waals surface area contributed by atoms with Gasteiger partial charge in [0.25, 0.3) is 0 Å². The molecule has 3 rings (SSSR count). The molecule has 3 N–H and O–H groups in total. The molecule has 1 aliphatic carbocycles. The molecule has 27 heavy (non-hydrogen) atoms. The second-order valence-corrected chi connectivity index (χ2v) is 7.25. The quantitative estimate of drug-likeness (QED) is 0.515. The van der Waals surface area contributed by atoms with Gasteiger partial charge in [-0.3, -0.25) is 4.79 Å². The molecule has 0 spiro atoms. The molecule has 4 unspecified atom stereocenters. The van der Waals surface area contributed by atoms with Crippen LogP contribution in [0.5, 0.6) is 0 Å². The van der Waals surface area contributed by atoms with Crippen LogP contribution in [0.15, 0.2) is 35.0 Å². The summed E-state index contributed by atoms with van der Waals surface area (Å²) in [4.78, 5) is 27.1. The van der Waals surface area contributed by atoms with Crippen molar-refractivity contribution < 1.29 is 9.59 Å². The van der Waals surface area contributed by atoms with Gasteiger partial charge in [-0.25, -0.2) is 14.8 Å². The summed E-state index contributed by atoms with van der Waals surface area (Å²) in [5.41, 5.74) is 1.10. The molecule has 3 aliphatic rings. The van der Waals surface area contributed by atoms with Crippen molar-refractivity contribution in [3.05, 3.63) is 24.9 Å².